The molecule has 23 heavy (non-hydrogen) atoms. The minimum atomic E-state index is -0.589. The van der Waals surface area contributed by atoms with Crippen LogP contribution in [0, 0.1) is 11.6 Å². The van der Waals surface area contributed by atoms with Crippen molar-refractivity contribution in [2.24, 2.45) is 0 Å². The van der Waals surface area contributed by atoms with E-state index in [2.05, 4.69) is 10.1 Å². The van der Waals surface area contributed by atoms with Gasteiger partial charge in [0.1, 0.15) is 11.6 Å². The van der Waals surface area contributed by atoms with Gasteiger partial charge in [-0.25, -0.2) is 8.78 Å². The van der Waals surface area contributed by atoms with E-state index in [1.165, 1.54) is 6.07 Å². The molecule has 2 fully saturated rings. The molecule has 1 aliphatic carbocycles. The predicted octanol–water partition coefficient (Wildman–Crippen LogP) is 2.53. The highest BCUT2D eigenvalue weighted by atomic mass is 19.1. The van der Waals surface area contributed by atoms with E-state index in [0.29, 0.717) is 37.1 Å². The first kappa shape index (κ1) is 14.7. The number of likely N-dealkylation sites (tertiary alicyclic amines) is 1. The second kappa shape index (κ2) is 5.65. The lowest BCUT2D eigenvalue weighted by molar-refractivity contribution is 0.164. The highest BCUT2D eigenvalue weighted by Gasteiger charge is 2.35. The van der Waals surface area contributed by atoms with Crippen LogP contribution in [0.25, 0.3) is 0 Å². The van der Waals surface area contributed by atoms with Crippen LogP contribution < -0.4 is 0 Å². The average molecular weight is 321 g/mol. The lowest BCUT2D eigenvalue weighted by Gasteiger charge is -2.23. The maximum absolute atomic E-state index is 14.1. The lowest BCUT2D eigenvalue weighted by atomic mass is 10.0. The van der Waals surface area contributed by atoms with Crippen LogP contribution in [0.15, 0.2) is 22.7 Å². The number of halogens is 2. The average Bonchev–Trinajstić information content (AvgIpc) is 3.16. The maximum Gasteiger partial charge on any atom is 0.240 e. The molecule has 1 aliphatic heterocycles. The normalized spacial score (nSPS) is 25.2. The lowest BCUT2D eigenvalue weighted by Crippen LogP contribution is -2.25. The number of aromatic nitrogens is 2. The van der Waals surface area contributed by atoms with Crippen molar-refractivity contribution in [3.8, 4) is 0 Å². The van der Waals surface area contributed by atoms with Crippen LogP contribution in [0.1, 0.15) is 48.5 Å². The van der Waals surface area contributed by atoms with Crippen LogP contribution in [0.4, 0.5) is 8.78 Å². The molecule has 0 radical (unpaired) electrons. The van der Waals surface area contributed by atoms with Gasteiger partial charge in [0.05, 0.1) is 12.6 Å². The van der Waals surface area contributed by atoms with Crippen LogP contribution >= 0.6 is 0 Å². The molecule has 2 aromatic rings. The van der Waals surface area contributed by atoms with E-state index in [1.807, 2.05) is 4.90 Å². The predicted molar refractivity (Wildman–Crippen MR) is 76.4 cm³/mol. The highest BCUT2D eigenvalue weighted by Crippen LogP contribution is 2.39. The van der Waals surface area contributed by atoms with Crippen molar-refractivity contribution in [3.05, 3.63) is 47.1 Å². The Labute approximate surface area is 131 Å². The molecule has 122 valence electrons. The second-order valence-corrected chi connectivity index (χ2v) is 6.32. The Bertz CT molecular complexity index is 717. The third-order valence-electron chi connectivity index (χ3n) is 4.46. The fraction of sp³-hybridized carbons (Fsp3) is 0.500. The van der Waals surface area contributed by atoms with Gasteiger partial charge in [0.25, 0.3) is 0 Å². The van der Waals surface area contributed by atoms with E-state index in [9.17, 15) is 13.9 Å². The van der Waals surface area contributed by atoms with Crippen molar-refractivity contribution in [1.29, 1.82) is 0 Å². The number of benzene rings is 1. The first-order chi connectivity index (χ1) is 11.1. The number of aliphatic hydroxyl groups excluding tert-OH is 1. The van der Waals surface area contributed by atoms with Crippen LogP contribution in [-0.2, 0) is 6.54 Å². The molecule has 0 bridgehead atoms. The number of hydrogen-bond donors (Lipinski definition) is 1. The van der Waals surface area contributed by atoms with Crippen molar-refractivity contribution >= 4 is 0 Å². The minimum absolute atomic E-state index is 0.253. The summed E-state index contributed by atoms with van der Waals surface area (Å²) in [6, 6.07) is 2.99. The summed E-state index contributed by atoms with van der Waals surface area (Å²) in [6.07, 6.45) is 1.93. The molecule has 0 spiro atoms. The van der Waals surface area contributed by atoms with Crippen LogP contribution in [0.2, 0.25) is 0 Å². The fourth-order valence-corrected chi connectivity index (χ4v) is 3.16. The Hall–Kier alpha value is -1.86. The molecule has 1 saturated carbocycles. The molecule has 2 atom stereocenters. The molecule has 2 heterocycles. The number of nitrogens with zero attached hydrogens (tertiary/aromatic N) is 3. The summed E-state index contributed by atoms with van der Waals surface area (Å²) in [4.78, 5) is 6.21. The fourth-order valence-electron chi connectivity index (χ4n) is 3.16. The van der Waals surface area contributed by atoms with E-state index < -0.39 is 23.8 Å². The second-order valence-electron chi connectivity index (χ2n) is 6.32. The van der Waals surface area contributed by atoms with Crippen molar-refractivity contribution in [2.75, 3.05) is 6.54 Å². The smallest absolute Gasteiger partial charge is 0.240 e. The Morgan fingerprint density at radius 1 is 1.30 bits per heavy atom. The van der Waals surface area contributed by atoms with Gasteiger partial charge in [-0.2, -0.15) is 4.98 Å². The molecule has 5 nitrogen and oxygen atoms in total. The molecular weight excluding hydrogens is 304 g/mol. The maximum atomic E-state index is 14.1. The summed E-state index contributed by atoms with van der Waals surface area (Å²) in [5.41, 5.74) is 0.253. The van der Waals surface area contributed by atoms with Crippen LogP contribution in [-0.4, -0.2) is 32.8 Å². The zero-order valence-electron chi connectivity index (χ0n) is 12.5. The third kappa shape index (κ3) is 2.98. The molecule has 4 rings (SSSR count). The first-order valence-electron chi connectivity index (χ1n) is 7.79. The van der Waals surface area contributed by atoms with Gasteiger partial charge in [0, 0.05) is 24.1 Å². The molecule has 1 aromatic carbocycles. The summed E-state index contributed by atoms with van der Waals surface area (Å²) in [7, 11) is 0. The summed E-state index contributed by atoms with van der Waals surface area (Å²) >= 11 is 0. The van der Waals surface area contributed by atoms with E-state index >= 15 is 0 Å². The molecule has 1 N–H and O–H groups in total. The van der Waals surface area contributed by atoms with Gasteiger partial charge >= 0.3 is 0 Å². The van der Waals surface area contributed by atoms with E-state index in [1.54, 1.807) is 0 Å². The number of rotatable bonds is 4. The van der Waals surface area contributed by atoms with Crippen LogP contribution in [0.5, 0.6) is 0 Å². The zero-order valence-corrected chi connectivity index (χ0v) is 12.5. The van der Waals surface area contributed by atoms with E-state index in [0.717, 1.165) is 25.0 Å². The SMILES string of the molecule is OC1CC(c2cc(F)ccc2F)N(Cc2nc(C3CC3)no2)C1. The molecular formula is C16H17F2N3O2. The first-order valence-corrected chi connectivity index (χ1v) is 7.79. The number of hydrogen-bond acceptors (Lipinski definition) is 5. The molecule has 2 aliphatic rings. The standard InChI is InChI=1S/C16H17F2N3O2/c17-10-3-4-13(18)12(5-10)14-6-11(22)7-21(14)8-15-19-16(20-23-15)9-1-2-9/h3-5,9,11,14,22H,1-2,6-8H2. The highest BCUT2D eigenvalue weighted by molar-refractivity contribution is 5.24. The van der Waals surface area contributed by atoms with Gasteiger partial charge < -0.3 is 9.63 Å². The van der Waals surface area contributed by atoms with Gasteiger partial charge in [0.2, 0.25) is 5.89 Å². The monoisotopic (exact) mass is 321 g/mol. The summed E-state index contributed by atoms with van der Waals surface area (Å²) in [5, 5.41) is 13.9. The van der Waals surface area contributed by atoms with Crippen molar-refractivity contribution in [3.63, 3.8) is 0 Å². The molecule has 1 aromatic heterocycles. The van der Waals surface area contributed by atoms with Gasteiger partial charge in [-0.15, -0.1) is 0 Å². The molecule has 1 saturated heterocycles. The Morgan fingerprint density at radius 3 is 2.91 bits per heavy atom. The Balaban J connectivity index is 1.56. The largest absolute Gasteiger partial charge is 0.392 e. The van der Waals surface area contributed by atoms with Crippen molar-refractivity contribution in [2.45, 2.75) is 43.9 Å². The van der Waals surface area contributed by atoms with Gasteiger partial charge in [-0.1, -0.05) is 5.16 Å². The summed E-state index contributed by atoms with van der Waals surface area (Å²) in [6.45, 7) is 0.680. The molecule has 0 amide bonds. The minimum Gasteiger partial charge on any atom is -0.392 e. The zero-order chi connectivity index (χ0) is 16.0. The molecule has 2 unspecified atom stereocenters. The van der Waals surface area contributed by atoms with E-state index in [-0.39, 0.29) is 5.56 Å². The van der Waals surface area contributed by atoms with Crippen LogP contribution in [0.3, 0.4) is 0 Å². The van der Waals surface area contributed by atoms with E-state index in [4.69, 9.17) is 4.52 Å². The molecule has 7 heteroatoms. The quantitative estimate of drug-likeness (QED) is 0.937. The van der Waals surface area contributed by atoms with Crippen molar-refractivity contribution < 1.29 is 18.4 Å². The Kier molecular flexibility index (Phi) is 3.61. The topological polar surface area (TPSA) is 62.4 Å². The third-order valence-corrected chi connectivity index (χ3v) is 4.46. The summed E-state index contributed by atoms with van der Waals surface area (Å²) < 4.78 is 32.8. The summed E-state index contributed by atoms with van der Waals surface area (Å²) in [5.74, 6) is 0.598. The van der Waals surface area contributed by atoms with Gasteiger partial charge in [-0.3, -0.25) is 4.90 Å². The Morgan fingerprint density at radius 2 is 2.13 bits per heavy atom. The number of aliphatic hydroxyl groups is 1. The van der Waals surface area contributed by atoms with Gasteiger partial charge in [0.15, 0.2) is 5.82 Å². The number of β-amino-alcohol motifs (C(OH)–C–C–N with tert-alkyl or cyclic N) is 1. The van der Waals surface area contributed by atoms with Crippen molar-refractivity contribution in [1.82, 2.24) is 15.0 Å². The van der Waals surface area contributed by atoms with Gasteiger partial charge in [-0.05, 0) is 37.5 Å².